The van der Waals surface area contributed by atoms with E-state index in [1.54, 1.807) is 0 Å². The first kappa shape index (κ1) is 15.7. The molecule has 0 unspecified atom stereocenters. The van der Waals surface area contributed by atoms with E-state index >= 15 is 0 Å². The van der Waals surface area contributed by atoms with Crippen molar-refractivity contribution >= 4 is 15.9 Å². The zero-order valence-electron chi connectivity index (χ0n) is 11.7. The SMILES string of the molecule is CCCc1nccn1CCCCCCCCCBr. The van der Waals surface area contributed by atoms with Crippen LogP contribution in [0.4, 0.5) is 0 Å². The molecule has 1 aromatic rings. The van der Waals surface area contributed by atoms with Gasteiger partial charge in [0, 0.05) is 30.7 Å². The lowest BCUT2D eigenvalue weighted by Crippen LogP contribution is -2.03. The molecular weight excluding hydrogens is 288 g/mol. The zero-order chi connectivity index (χ0) is 13.1. The van der Waals surface area contributed by atoms with Crippen molar-refractivity contribution in [1.82, 2.24) is 9.55 Å². The van der Waals surface area contributed by atoms with Crippen LogP contribution in [-0.4, -0.2) is 14.9 Å². The minimum Gasteiger partial charge on any atom is -0.335 e. The van der Waals surface area contributed by atoms with Gasteiger partial charge in [0.2, 0.25) is 0 Å². The summed E-state index contributed by atoms with van der Waals surface area (Å²) < 4.78 is 2.33. The van der Waals surface area contributed by atoms with Gasteiger partial charge in [-0.05, 0) is 19.3 Å². The van der Waals surface area contributed by atoms with Crippen LogP contribution in [0.25, 0.3) is 0 Å². The van der Waals surface area contributed by atoms with Gasteiger partial charge in [-0.1, -0.05) is 55.0 Å². The molecule has 1 aromatic heterocycles. The molecule has 0 fully saturated rings. The highest BCUT2D eigenvalue weighted by Gasteiger charge is 2.00. The van der Waals surface area contributed by atoms with Gasteiger partial charge in [0.15, 0.2) is 0 Å². The number of alkyl halides is 1. The number of rotatable bonds is 11. The molecule has 0 radical (unpaired) electrons. The van der Waals surface area contributed by atoms with Crippen molar-refractivity contribution in [3.05, 3.63) is 18.2 Å². The van der Waals surface area contributed by atoms with E-state index in [9.17, 15) is 0 Å². The van der Waals surface area contributed by atoms with Crippen LogP contribution in [-0.2, 0) is 13.0 Å². The fourth-order valence-electron chi connectivity index (χ4n) is 2.26. The second kappa shape index (κ2) is 10.6. The third-order valence-electron chi connectivity index (χ3n) is 3.31. The summed E-state index contributed by atoms with van der Waals surface area (Å²) in [6.45, 7) is 3.36. The summed E-state index contributed by atoms with van der Waals surface area (Å²) in [7, 11) is 0. The molecule has 0 aliphatic heterocycles. The molecule has 0 bridgehead atoms. The normalized spacial score (nSPS) is 11.0. The molecular formula is C15H27BrN2. The Kier molecular flexibility index (Phi) is 9.27. The molecule has 0 aliphatic rings. The van der Waals surface area contributed by atoms with Crippen LogP contribution >= 0.6 is 15.9 Å². The summed E-state index contributed by atoms with van der Waals surface area (Å²) in [5, 5.41) is 1.16. The van der Waals surface area contributed by atoms with Crippen LogP contribution in [0.15, 0.2) is 12.4 Å². The molecule has 0 atom stereocenters. The molecule has 18 heavy (non-hydrogen) atoms. The van der Waals surface area contributed by atoms with Crippen LogP contribution in [0.1, 0.15) is 64.1 Å². The van der Waals surface area contributed by atoms with Crippen LogP contribution in [0.2, 0.25) is 0 Å². The van der Waals surface area contributed by atoms with E-state index in [-0.39, 0.29) is 0 Å². The average molecular weight is 315 g/mol. The first-order valence-corrected chi connectivity index (χ1v) is 8.56. The van der Waals surface area contributed by atoms with Crippen molar-refractivity contribution in [2.45, 2.75) is 71.3 Å². The molecule has 0 saturated heterocycles. The van der Waals surface area contributed by atoms with E-state index in [2.05, 4.69) is 38.6 Å². The highest BCUT2D eigenvalue weighted by molar-refractivity contribution is 9.09. The molecule has 2 nitrogen and oxygen atoms in total. The maximum absolute atomic E-state index is 4.41. The molecule has 1 rings (SSSR count). The van der Waals surface area contributed by atoms with Gasteiger partial charge >= 0.3 is 0 Å². The van der Waals surface area contributed by atoms with Crippen molar-refractivity contribution in [2.75, 3.05) is 5.33 Å². The maximum Gasteiger partial charge on any atom is 0.108 e. The second-order valence-electron chi connectivity index (χ2n) is 4.95. The van der Waals surface area contributed by atoms with E-state index in [0.29, 0.717) is 0 Å². The number of aryl methyl sites for hydroxylation is 2. The molecule has 0 amide bonds. The summed E-state index contributed by atoms with van der Waals surface area (Å²) in [4.78, 5) is 4.41. The Morgan fingerprint density at radius 3 is 2.39 bits per heavy atom. The number of hydrogen-bond donors (Lipinski definition) is 0. The number of unbranched alkanes of at least 4 members (excludes halogenated alkanes) is 6. The fraction of sp³-hybridized carbons (Fsp3) is 0.800. The molecule has 3 heteroatoms. The van der Waals surface area contributed by atoms with Crippen LogP contribution in [0, 0.1) is 0 Å². The molecule has 0 spiro atoms. The van der Waals surface area contributed by atoms with Crippen molar-refractivity contribution in [2.24, 2.45) is 0 Å². The van der Waals surface area contributed by atoms with Gasteiger partial charge in [-0.3, -0.25) is 0 Å². The molecule has 0 aliphatic carbocycles. The van der Waals surface area contributed by atoms with Gasteiger partial charge in [0.25, 0.3) is 0 Å². The van der Waals surface area contributed by atoms with Gasteiger partial charge in [0.05, 0.1) is 0 Å². The Labute approximate surface area is 120 Å². The summed E-state index contributed by atoms with van der Waals surface area (Å²) in [6.07, 6.45) is 15.9. The minimum absolute atomic E-state index is 1.11. The van der Waals surface area contributed by atoms with Gasteiger partial charge in [-0.2, -0.15) is 0 Å². The predicted molar refractivity (Wildman–Crippen MR) is 82.3 cm³/mol. The van der Waals surface area contributed by atoms with Crippen molar-refractivity contribution in [1.29, 1.82) is 0 Å². The molecule has 0 saturated carbocycles. The zero-order valence-corrected chi connectivity index (χ0v) is 13.3. The van der Waals surface area contributed by atoms with Gasteiger partial charge in [0.1, 0.15) is 5.82 Å². The molecule has 1 heterocycles. The quantitative estimate of drug-likeness (QED) is 0.417. The monoisotopic (exact) mass is 314 g/mol. The van der Waals surface area contributed by atoms with E-state index in [0.717, 1.165) is 18.3 Å². The molecule has 104 valence electrons. The Morgan fingerprint density at radius 1 is 1.06 bits per heavy atom. The molecule has 0 N–H and O–H groups in total. The lowest BCUT2D eigenvalue weighted by Gasteiger charge is -2.07. The summed E-state index contributed by atoms with van der Waals surface area (Å²) in [5.41, 5.74) is 0. The van der Waals surface area contributed by atoms with Gasteiger partial charge in [-0.25, -0.2) is 4.98 Å². The Hall–Kier alpha value is -0.310. The van der Waals surface area contributed by atoms with Crippen molar-refractivity contribution in [3.8, 4) is 0 Å². The van der Waals surface area contributed by atoms with Gasteiger partial charge in [-0.15, -0.1) is 0 Å². The highest BCUT2D eigenvalue weighted by atomic mass is 79.9. The summed E-state index contributed by atoms with van der Waals surface area (Å²) in [6, 6.07) is 0. The lowest BCUT2D eigenvalue weighted by molar-refractivity contribution is 0.539. The van der Waals surface area contributed by atoms with Crippen molar-refractivity contribution in [3.63, 3.8) is 0 Å². The lowest BCUT2D eigenvalue weighted by atomic mass is 10.1. The van der Waals surface area contributed by atoms with Crippen LogP contribution in [0.3, 0.4) is 0 Å². The second-order valence-corrected chi connectivity index (χ2v) is 5.74. The van der Waals surface area contributed by atoms with E-state index in [4.69, 9.17) is 0 Å². The largest absolute Gasteiger partial charge is 0.335 e. The Balaban J connectivity index is 2.01. The number of aromatic nitrogens is 2. The topological polar surface area (TPSA) is 17.8 Å². The van der Waals surface area contributed by atoms with Crippen LogP contribution in [0.5, 0.6) is 0 Å². The fourth-order valence-corrected chi connectivity index (χ4v) is 2.65. The number of imidazole rings is 1. The van der Waals surface area contributed by atoms with Crippen LogP contribution < -0.4 is 0 Å². The number of halogens is 1. The number of hydrogen-bond acceptors (Lipinski definition) is 1. The van der Waals surface area contributed by atoms with E-state index in [1.807, 2.05) is 6.20 Å². The first-order valence-electron chi connectivity index (χ1n) is 7.44. The smallest absolute Gasteiger partial charge is 0.108 e. The third-order valence-corrected chi connectivity index (χ3v) is 3.87. The highest BCUT2D eigenvalue weighted by Crippen LogP contribution is 2.10. The first-order chi connectivity index (χ1) is 8.88. The standard InChI is InChI=1S/C15H27BrN2/c1-2-10-15-17-12-14-18(15)13-9-7-5-3-4-6-8-11-16/h12,14H,2-11,13H2,1H3. The Morgan fingerprint density at radius 2 is 1.72 bits per heavy atom. The average Bonchev–Trinajstić information content (AvgIpc) is 2.81. The van der Waals surface area contributed by atoms with Gasteiger partial charge < -0.3 is 4.57 Å². The summed E-state index contributed by atoms with van der Waals surface area (Å²) in [5.74, 6) is 1.26. The third kappa shape index (κ3) is 6.58. The van der Waals surface area contributed by atoms with E-state index < -0.39 is 0 Å². The minimum atomic E-state index is 1.11. The number of nitrogens with zero attached hydrogens (tertiary/aromatic N) is 2. The maximum atomic E-state index is 4.41. The van der Waals surface area contributed by atoms with E-state index in [1.165, 1.54) is 57.2 Å². The predicted octanol–water partition coefficient (Wildman–Crippen LogP) is 4.96. The van der Waals surface area contributed by atoms with Crippen molar-refractivity contribution < 1.29 is 0 Å². The summed E-state index contributed by atoms with van der Waals surface area (Å²) >= 11 is 3.48. The Bertz CT molecular complexity index is 296. The molecule has 0 aromatic carbocycles.